The highest BCUT2D eigenvalue weighted by Gasteiger charge is 2.45. The Kier molecular flexibility index (Phi) is 7.74. The molecule has 2 amide bonds. The lowest BCUT2D eigenvalue weighted by molar-refractivity contribution is -0.118. The zero-order valence-corrected chi connectivity index (χ0v) is 29.3. The van der Waals surface area contributed by atoms with Crippen molar-refractivity contribution in [2.24, 2.45) is 25.9 Å². The zero-order chi connectivity index (χ0) is 36.6. The molecule has 6 aromatic rings. The van der Waals surface area contributed by atoms with Crippen molar-refractivity contribution in [3.05, 3.63) is 98.3 Å². The molecule has 6 heterocycles. The summed E-state index contributed by atoms with van der Waals surface area (Å²) in [7, 11) is 3.36. The maximum absolute atomic E-state index is 13.7. The van der Waals surface area contributed by atoms with Gasteiger partial charge in [-0.05, 0) is 63.8 Å². The van der Waals surface area contributed by atoms with Crippen LogP contribution in [0, 0.1) is 32.6 Å². The summed E-state index contributed by atoms with van der Waals surface area (Å²) in [6.45, 7) is 5.54. The van der Waals surface area contributed by atoms with Gasteiger partial charge in [-0.25, -0.2) is 9.97 Å². The number of fused-ring (bicyclic) bond motifs is 2. The van der Waals surface area contributed by atoms with Crippen molar-refractivity contribution < 1.29 is 14.7 Å². The smallest absolute Gasteiger partial charge is 0.258 e. The molecule has 0 aromatic carbocycles. The number of carbonyl (C=O) groups is 2. The van der Waals surface area contributed by atoms with Gasteiger partial charge in [-0.1, -0.05) is 0 Å². The molecule has 2 fully saturated rings. The van der Waals surface area contributed by atoms with Crippen molar-refractivity contribution >= 4 is 45.3 Å². The number of aromatic hydroxyl groups is 1. The van der Waals surface area contributed by atoms with Crippen molar-refractivity contribution in [1.82, 2.24) is 29.1 Å². The molecule has 0 saturated heterocycles. The summed E-state index contributed by atoms with van der Waals surface area (Å²) in [6, 6.07) is 8.88. The molecule has 2 unspecified atom stereocenters. The minimum Gasteiger partial charge on any atom is -0.506 e. The van der Waals surface area contributed by atoms with E-state index in [-0.39, 0.29) is 46.4 Å². The van der Waals surface area contributed by atoms with Gasteiger partial charge in [0.15, 0.2) is 0 Å². The molecule has 6 aromatic heterocycles. The van der Waals surface area contributed by atoms with E-state index in [1.807, 2.05) is 26.0 Å². The van der Waals surface area contributed by atoms with Crippen LogP contribution in [0.1, 0.15) is 47.7 Å². The third-order valence-corrected chi connectivity index (χ3v) is 10.3. The second kappa shape index (κ2) is 12.2. The Bertz CT molecular complexity index is 2620. The van der Waals surface area contributed by atoms with E-state index >= 15 is 0 Å². The van der Waals surface area contributed by atoms with E-state index in [1.54, 1.807) is 62.4 Å². The largest absolute Gasteiger partial charge is 0.506 e. The number of aryl methyl sites for hydroxylation is 4. The van der Waals surface area contributed by atoms with Gasteiger partial charge in [-0.2, -0.15) is 0 Å². The average molecular weight is 697 g/mol. The van der Waals surface area contributed by atoms with Crippen LogP contribution in [0.15, 0.2) is 64.7 Å². The molecule has 262 valence electrons. The molecule has 2 atom stereocenters. The van der Waals surface area contributed by atoms with Crippen molar-refractivity contribution in [3.63, 3.8) is 0 Å². The zero-order valence-electron chi connectivity index (χ0n) is 29.3. The molecule has 2 aliphatic carbocycles. The number of carbonyl (C=O) groups excluding carboxylic acids is 2. The third-order valence-electron chi connectivity index (χ3n) is 10.3. The number of anilines is 2. The monoisotopic (exact) mass is 696 g/mol. The molecule has 0 spiro atoms. The quantitative estimate of drug-likeness (QED) is 0.207. The minimum atomic E-state index is -0.309. The third kappa shape index (κ3) is 5.67. The molecule has 0 bridgehead atoms. The number of nitrogens with one attached hydrogen (secondary N) is 2. The second-order valence-electron chi connectivity index (χ2n) is 14.0. The summed E-state index contributed by atoms with van der Waals surface area (Å²) in [5.74, 6) is 0.160. The lowest BCUT2D eigenvalue weighted by Crippen LogP contribution is -2.21. The molecule has 13 heteroatoms. The van der Waals surface area contributed by atoms with E-state index < -0.39 is 0 Å². The Morgan fingerprint density at radius 1 is 0.769 bits per heavy atom. The minimum absolute atomic E-state index is 0.00535. The maximum atomic E-state index is 13.7. The summed E-state index contributed by atoms with van der Waals surface area (Å²) >= 11 is 0. The first-order chi connectivity index (χ1) is 24.9. The molecule has 0 radical (unpaired) electrons. The predicted octanol–water partition coefficient (Wildman–Crippen LogP) is 5.03. The highest BCUT2D eigenvalue weighted by atomic mass is 16.3. The van der Waals surface area contributed by atoms with Crippen LogP contribution in [0.4, 0.5) is 11.6 Å². The first-order valence-electron chi connectivity index (χ1n) is 17.1. The van der Waals surface area contributed by atoms with Crippen LogP contribution in [-0.2, 0) is 23.7 Å². The van der Waals surface area contributed by atoms with Gasteiger partial charge in [-0.3, -0.25) is 29.1 Å². The van der Waals surface area contributed by atoms with Crippen LogP contribution in [0.25, 0.3) is 44.1 Å². The van der Waals surface area contributed by atoms with E-state index in [2.05, 4.69) is 25.6 Å². The van der Waals surface area contributed by atoms with E-state index in [0.717, 1.165) is 35.0 Å². The Morgan fingerprint density at radius 2 is 1.37 bits per heavy atom. The number of aromatic nitrogens is 6. The number of nitrogens with zero attached hydrogens (tertiary/aromatic N) is 6. The lowest BCUT2D eigenvalue weighted by Gasteiger charge is -2.15. The highest BCUT2D eigenvalue weighted by Crippen LogP contribution is 2.48. The summed E-state index contributed by atoms with van der Waals surface area (Å²) in [6.07, 6.45) is 8.55. The maximum Gasteiger partial charge on any atom is 0.258 e. The highest BCUT2D eigenvalue weighted by molar-refractivity contribution is 5.97. The average Bonchev–Trinajstić information content (AvgIpc) is 4.04. The van der Waals surface area contributed by atoms with Crippen LogP contribution in [0.3, 0.4) is 0 Å². The van der Waals surface area contributed by atoms with Gasteiger partial charge in [0.1, 0.15) is 17.4 Å². The second-order valence-corrected chi connectivity index (χ2v) is 14.0. The summed E-state index contributed by atoms with van der Waals surface area (Å²) < 4.78 is 3.06. The van der Waals surface area contributed by atoms with Gasteiger partial charge >= 0.3 is 0 Å². The van der Waals surface area contributed by atoms with Crippen LogP contribution in [0.2, 0.25) is 0 Å². The van der Waals surface area contributed by atoms with E-state index in [9.17, 15) is 24.3 Å². The molecule has 2 saturated carbocycles. The molecule has 13 nitrogen and oxygen atoms in total. The fourth-order valence-electron chi connectivity index (χ4n) is 7.09. The molecule has 52 heavy (non-hydrogen) atoms. The summed E-state index contributed by atoms with van der Waals surface area (Å²) in [5.41, 5.74) is 5.87. The topological polar surface area (TPSA) is 174 Å². The van der Waals surface area contributed by atoms with Crippen molar-refractivity contribution in [3.8, 4) is 28.0 Å². The fourth-order valence-corrected chi connectivity index (χ4v) is 7.09. The molecule has 3 N–H and O–H groups in total. The van der Waals surface area contributed by atoms with Crippen LogP contribution in [-0.4, -0.2) is 46.0 Å². The number of pyridine rings is 6. The molecule has 0 aliphatic heterocycles. The van der Waals surface area contributed by atoms with Gasteiger partial charge < -0.3 is 24.9 Å². The number of hydrogen-bond donors (Lipinski definition) is 3. The summed E-state index contributed by atoms with van der Waals surface area (Å²) in [5, 5.41) is 17.3. The molecule has 2 aliphatic rings. The van der Waals surface area contributed by atoms with Crippen molar-refractivity contribution in [2.75, 3.05) is 10.6 Å². The summed E-state index contributed by atoms with van der Waals surface area (Å²) in [4.78, 5) is 70.4. The van der Waals surface area contributed by atoms with Gasteiger partial charge in [0.05, 0.1) is 17.2 Å². The molecular formula is C39H36N8O5. The number of rotatable bonds is 7. The fraction of sp³-hybridized carbons (Fsp3) is 0.282. The first kappa shape index (κ1) is 32.9. The Hall–Kier alpha value is -6.24. The SMILES string of the molecule is Cc1cc(C2CC2C(=O)Nc2cc3c(cn2)cc(-c2cncc(O)c2C)c(=O)n3C)nc(C)c1-c1cc2cnc(NC(=O)C3CC3)cc2n(C)c1=O. The Balaban J connectivity index is 1.01. The van der Waals surface area contributed by atoms with Gasteiger partial charge in [0.25, 0.3) is 11.1 Å². The Morgan fingerprint density at radius 3 is 1.98 bits per heavy atom. The van der Waals surface area contributed by atoms with E-state index in [4.69, 9.17) is 4.98 Å². The van der Waals surface area contributed by atoms with Gasteiger partial charge in [0.2, 0.25) is 11.8 Å². The number of amides is 2. The van der Waals surface area contributed by atoms with Crippen molar-refractivity contribution in [1.29, 1.82) is 0 Å². The van der Waals surface area contributed by atoms with Crippen LogP contribution >= 0.6 is 0 Å². The molecular weight excluding hydrogens is 660 g/mol. The van der Waals surface area contributed by atoms with Gasteiger partial charge in [-0.15, -0.1) is 0 Å². The predicted molar refractivity (Wildman–Crippen MR) is 197 cm³/mol. The van der Waals surface area contributed by atoms with E-state index in [0.29, 0.717) is 62.4 Å². The van der Waals surface area contributed by atoms with Gasteiger partial charge in [0, 0.05) is 113 Å². The standard InChI is InChI=1S/C39H36N8O5/c1-18-8-29(43-20(3)35(18)27-10-23-15-41-33(44-36(49)21-6-7-21)12-31(23)47(5)39(27)52)24-11-25(24)37(50)45-34-13-30-22(14-42-34)9-26(38(51)46(30)4)28-16-40-17-32(48)19(28)2/h8-10,12-17,21,24-25,48H,6-7,11H2,1-5H3,(H,41,44,49)(H,42,45,50). The Labute approximate surface area is 297 Å². The number of hydrogen-bond acceptors (Lipinski definition) is 9. The lowest BCUT2D eigenvalue weighted by atomic mass is 9.97. The van der Waals surface area contributed by atoms with Crippen LogP contribution in [0.5, 0.6) is 5.75 Å². The first-order valence-corrected chi connectivity index (χ1v) is 17.1. The molecule has 8 rings (SSSR count). The van der Waals surface area contributed by atoms with Crippen molar-refractivity contribution in [2.45, 2.75) is 46.0 Å². The van der Waals surface area contributed by atoms with E-state index in [1.165, 1.54) is 10.8 Å². The normalized spacial score (nSPS) is 16.6. The van der Waals surface area contributed by atoms with Crippen LogP contribution < -0.4 is 21.8 Å².